The van der Waals surface area contributed by atoms with Gasteiger partial charge in [0.05, 0.1) is 22.8 Å². The van der Waals surface area contributed by atoms with E-state index in [1.807, 2.05) is 42.5 Å². The second-order valence-corrected chi connectivity index (χ2v) is 13.4. The maximum absolute atomic E-state index is 6.05. The smallest absolute Gasteiger partial charge is 0.227 e. The summed E-state index contributed by atoms with van der Waals surface area (Å²) in [7, 11) is 0. The van der Waals surface area contributed by atoms with E-state index in [4.69, 9.17) is 24.4 Å². The van der Waals surface area contributed by atoms with Gasteiger partial charge in [0.15, 0.2) is 11.4 Å². The molecule has 0 aliphatic heterocycles. The van der Waals surface area contributed by atoms with Gasteiger partial charge in [-0.3, -0.25) is 4.57 Å². The van der Waals surface area contributed by atoms with Crippen LogP contribution in [0.5, 0.6) is 0 Å². The van der Waals surface area contributed by atoms with E-state index in [1.54, 1.807) is 0 Å². The van der Waals surface area contributed by atoms with E-state index in [1.165, 1.54) is 11.3 Å². The Morgan fingerprint density at radius 2 is 1.06 bits per heavy atom. The van der Waals surface area contributed by atoms with Gasteiger partial charge in [0.1, 0.15) is 11.3 Å². The molecule has 256 valence electrons. The Bertz CT molecular complexity index is 2750. The Morgan fingerprint density at radius 1 is 0.481 bits per heavy atom. The van der Waals surface area contributed by atoms with Crippen LogP contribution in [0, 0.1) is 0 Å². The zero-order chi connectivity index (χ0) is 35.8. The van der Waals surface area contributed by atoms with E-state index in [0.29, 0.717) is 11.7 Å². The van der Waals surface area contributed by atoms with E-state index in [0.717, 1.165) is 85.9 Å². The van der Waals surface area contributed by atoms with Gasteiger partial charge in [0.2, 0.25) is 5.89 Å². The van der Waals surface area contributed by atoms with Crippen LogP contribution in [0.3, 0.4) is 0 Å². The number of imidazole rings is 1. The largest absolute Gasteiger partial charge is 0.436 e. The van der Waals surface area contributed by atoms with Crippen LogP contribution in [-0.2, 0) is 6.42 Å². The average molecular weight is 696 g/mol. The highest BCUT2D eigenvalue weighted by Crippen LogP contribution is 2.34. The highest BCUT2D eigenvalue weighted by Gasteiger charge is 2.20. The van der Waals surface area contributed by atoms with Crippen molar-refractivity contribution in [3.63, 3.8) is 0 Å². The molecule has 0 amide bonds. The first-order chi connectivity index (χ1) is 26.7. The Balaban J connectivity index is 1.04. The third-order valence-corrected chi connectivity index (χ3v) is 9.98. The molecular weight excluding hydrogens is 663 g/mol. The van der Waals surface area contributed by atoms with Crippen molar-refractivity contribution in [2.75, 3.05) is 0 Å². The van der Waals surface area contributed by atoms with E-state index in [-0.39, 0.29) is 0 Å². The van der Waals surface area contributed by atoms with Crippen LogP contribution < -0.4 is 0 Å². The molecule has 0 bridgehead atoms. The maximum Gasteiger partial charge on any atom is 0.227 e. The summed E-state index contributed by atoms with van der Waals surface area (Å²) < 4.78 is 8.35. The topological polar surface area (TPSA) is 69.6 Å². The molecule has 6 heteroatoms. The lowest BCUT2D eigenvalue weighted by Gasteiger charge is -2.14. The van der Waals surface area contributed by atoms with Gasteiger partial charge in [0, 0.05) is 33.5 Å². The summed E-state index contributed by atoms with van der Waals surface area (Å²) >= 11 is 0. The molecule has 3 heterocycles. The number of allylic oxidation sites excluding steroid dienone is 1. The van der Waals surface area contributed by atoms with Crippen LogP contribution in [0.4, 0.5) is 0 Å². The van der Waals surface area contributed by atoms with E-state index in [9.17, 15) is 0 Å². The molecule has 3 aromatic heterocycles. The Hall–Kier alpha value is -7.18. The van der Waals surface area contributed by atoms with E-state index in [2.05, 4.69) is 138 Å². The normalized spacial score (nSPS) is 12.2. The number of rotatable bonds is 7. The molecule has 0 unspecified atom stereocenters. The summed E-state index contributed by atoms with van der Waals surface area (Å²) in [4.78, 5) is 20.1. The molecule has 0 saturated carbocycles. The van der Waals surface area contributed by atoms with Gasteiger partial charge < -0.3 is 4.42 Å². The first-order valence-electron chi connectivity index (χ1n) is 18.2. The summed E-state index contributed by atoms with van der Waals surface area (Å²) in [5.74, 6) is 2.19. The first kappa shape index (κ1) is 31.5. The van der Waals surface area contributed by atoms with Crippen LogP contribution in [0.15, 0.2) is 174 Å². The van der Waals surface area contributed by atoms with Crippen LogP contribution in [0.25, 0.3) is 90.7 Å². The quantitative estimate of drug-likeness (QED) is 0.166. The van der Waals surface area contributed by atoms with Gasteiger partial charge in [-0.05, 0) is 72.5 Å². The molecule has 0 atom stereocenters. The second kappa shape index (κ2) is 13.4. The van der Waals surface area contributed by atoms with Crippen molar-refractivity contribution in [1.29, 1.82) is 0 Å². The van der Waals surface area contributed by atoms with Gasteiger partial charge in [-0.15, -0.1) is 0 Å². The number of fused-ring (bicyclic) bond motifs is 2. The highest BCUT2D eigenvalue weighted by molar-refractivity contribution is 5.78. The molecule has 0 fully saturated rings. The molecule has 0 spiro atoms. The van der Waals surface area contributed by atoms with Crippen molar-refractivity contribution in [3.8, 4) is 73.6 Å². The molecule has 6 aromatic carbocycles. The summed E-state index contributed by atoms with van der Waals surface area (Å²) in [6, 6.07) is 56.0. The third-order valence-electron chi connectivity index (χ3n) is 9.98. The van der Waals surface area contributed by atoms with Crippen molar-refractivity contribution >= 4 is 17.2 Å². The first-order valence-corrected chi connectivity index (χ1v) is 18.2. The number of hydrogen-bond donors (Lipinski definition) is 0. The van der Waals surface area contributed by atoms with Crippen molar-refractivity contribution in [2.45, 2.75) is 12.8 Å². The molecule has 9 aromatic rings. The lowest BCUT2D eigenvalue weighted by atomic mass is 10.0. The predicted molar refractivity (Wildman–Crippen MR) is 217 cm³/mol. The molecule has 0 N–H and O–H groups in total. The minimum atomic E-state index is 0.593. The zero-order valence-corrected chi connectivity index (χ0v) is 29.3. The second-order valence-electron chi connectivity index (χ2n) is 13.4. The van der Waals surface area contributed by atoms with Gasteiger partial charge in [-0.2, -0.15) is 0 Å². The van der Waals surface area contributed by atoms with Crippen LogP contribution in [0.2, 0.25) is 0 Å². The predicted octanol–water partition coefficient (Wildman–Crippen LogP) is 11.8. The van der Waals surface area contributed by atoms with E-state index >= 15 is 0 Å². The molecule has 1 aliphatic rings. The van der Waals surface area contributed by atoms with Gasteiger partial charge in [-0.1, -0.05) is 127 Å². The number of benzene rings is 6. The summed E-state index contributed by atoms with van der Waals surface area (Å²) in [5, 5.41) is 0. The van der Waals surface area contributed by atoms with Crippen LogP contribution in [0.1, 0.15) is 17.8 Å². The molecule has 1 aliphatic carbocycles. The Kier molecular flexibility index (Phi) is 7.84. The Labute approximate surface area is 312 Å². The summed E-state index contributed by atoms with van der Waals surface area (Å²) in [6.07, 6.45) is 6.32. The van der Waals surface area contributed by atoms with Crippen molar-refractivity contribution in [3.05, 3.63) is 181 Å². The fraction of sp³-hybridized carbons (Fsp3) is 0.0417. The number of oxazole rings is 1. The van der Waals surface area contributed by atoms with Crippen molar-refractivity contribution in [1.82, 2.24) is 24.5 Å². The molecular formula is C48H33N5O. The van der Waals surface area contributed by atoms with Gasteiger partial charge in [0.25, 0.3) is 0 Å². The molecule has 10 rings (SSSR count). The lowest BCUT2D eigenvalue weighted by molar-refractivity contribution is 0.620. The summed E-state index contributed by atoms with van der Waals surface area (Å²) in [5.41, 5.74) is 13.9. The lowest BCUT2D eigenvalue weighted by Crippen LogP contribution is -2.04. The molecule has 6 nitrogen and oxygen atoms in total. The van der Waals surface area contributed by atoms with Gasteiger partial charge in [-0.25, -0.2) is 19.9 Å². The minimum absolute atomic E-state index is 0.593. The number of nitrogens with zero attached hydrogens (tertiary/aromatic N) is 5. The van der Waals surface area contributed by atoms with E-state index < -0.39 is 0 Å². The highest BCUT2D eigenvalue weighted by atomic mass is 16.3. The summed E-state index contributed by atoms with van der Waals surface area (Å²) in [6.45, 7) is 0. The minimum Gasteiger partial charge on any atom is -0.436 e. The SMILES string of the molecule is C1=Cc2nc(-c3ccc(-c4cc(-c5ccc(-c6nc7ccccc7o6)cc5)nc(-c5ccc(-c6ccccc6)cc5)n4)cc3)n(-c3ccccc3)c2CC1. The van der Waals surface area contributed by atoms with Crippen LogP contribution in [-0.4, -0.2) is 24.5 Å². The molecule has 0 saturated heterocycles. The molecule has 0 radical (unpaired) electrons. The number of aromatic nitrogens is 5. The average Bonchev–Trinajstić information content (AvgIpc) is 3.87. The third kappa shape index (κ3) is 5.90. The maximum atomic E-state index is 6.05. The van der Waals surface area contributed by atoms with Crippen molar-refractivity contribution in [2.24, 2.45) is 0 Å². The number of para-hydroxylation sites is 3. The van der Waals surface area contributed by atoms with Crippen molar-refractivity contribution < 1.29 is 4.42 Å². The van der Waals surface area contributed by atoms with Gasteiger partial charge >= 0.3 is 0 Å². The molecule has 54 heavy (non-hydrogen) atoms. The number of hydrogen-bond acceptors (Lipinski definition) is 5. The fourth-order valence-corrected chi connectivity index (χ4v) is 7.19. The fourth-order valence-electron chi connectivity index (χ4n) is 7.19. The van der Waals surface area contributed by atoms with Crippen LogP contribution >= 0.6 is 0 Å². The zero-order valence-electron chi connectivity index (χ0n) is 29.3. The standard InChI is InChI=1S/C48H33N5O/c1-3-11-32(12-4-1)33-19-25-36(26-20-33)46-49-42(31-43(50-46)35-23-29-38(30-24-35)48-52-41-16-8-10-18-45(41)54-48)34-21-27-37(28-22-34)47-51-40-15-7-9-17-44(40)53(47)39-13-5-2-6-14-39/h1-8,10-16,18-31H,9,17H2. The Morgan fingerprint density at radius 3 is 1.76 bits per heavy atom. The monoisotopic (exact) mass is 695 g/mol.